The summed E-state index contributed by atoms with van der Waals surface area (Å²) in [5.41, 5.74) is 1.44. The van der Waals surface area contributed by atoms with Gasteiger partial charge in [0.25, 0.3) is 0 Å². The van der Waals surface area contributed by atoms with Gasteiger partial charge in [0.05, 0.1) is 5.92 Å². The Morgan fingerprint density at radius 3 is 2.44 bits per heavy atom. The highest BCUT2D eigenvalue weighted by Gasteiger charge is 2.33. The summed E-state index contributed by atoms with van der Waals surface area (Å²) < 4.78 is 0. The summed E-state index contributed by atoms with van der Waals surface area (Å²) >= 11 is 0. The Hall–Kier alpha value is -1.65. The number of nitrogens with zero attached hydrogens (tertiary/aromatic N) is 3. The van der Waals surface area contributed by atoms with Crippen molar-refractivity contribution in [1.29, 1.82) is 0 Å². The van der Waals surface area contributed by atoms with Crippen LogP contribution in [-0.2, 0) is 11.2 Å². The van der Waals surface area contributed by atoms with Crippen LogP contribution in [0.1, 0.15) is 31.2 Å². The number of hydrogen-bond donors (Lipinski definition) is 0. The first-order valence-corrected chi connectivity index (χ1v) is 10.7. The van der Waals surface area contributed by atoms with E-state index in [0.29, 0.717) is 11.9 Å². The molecule has 4 heteroatoms. The molecule has 2 fully saturated rings. The summed E-state index contributed by atoms with van der Waals surface area (Å²) in [6.45, 7) is 7.34. The van der Waals surface area contributed by atoms with E-state index in [-0.39, 0.29) is 5.92 Å². The molecule has 0 N–H and O–H groups in total. The monoisotopic (exact) mass is 367 g/mol. The number of benzene rings is 1. The Morgan fingerprint density at radius 2 is 1.70 bits per heavy atom. The van der Waals surface area contributed by atoms with Gasteiger partial charge in [-0.05, 0) is 57.3 Å². The summed E-state index contributed by atoms with van der Waals surface area (Å²) in [5.74, 6) is 0.597. The largest absolute Gasteiger partial charge is 0.335 e. The molecule has 0 unspecified atom stereocenters. The van der Waals surface area contributed by atoms with Crippen LogP contribution in [0.25, 0.3) is 0 Å². The van der Waals surface area contributed by atoms with Gasteiger partial charge < -0.3 is 9.80 Å². The molecule has 0 aromatic heterocycles. The molecule has 3 heterocycles. The van der Waals surface area contributed by atoms with E-state index in [1.54, 1.807) is 0 Å². The first-order valence-electron chi connectivity index (χ1n) is 10.7. The van der Waals surface area contributed by atoms with Crippen molar-refractivity contribution >= 4 is 5.91 Å². The summed E-state index contributed by atoms with van der Waals surface area (Å²) in [4.78, 5) is 20.0. The fraction of sp³-hybridized carbons (Fsp3) is 0.609. The molecular weight excluding hydrogens is 334 g/mol. The number of carbonyl (C=O) groups is 1. The van der Waals surface area contributed by atoms with Gasteiger partial charge in [0.15, 0.2) is 0 Å². The normalized spacial score (nSPS) is 25.2. The van der Waals surface area contributed by atoms with E-state index in [1.165, 1.54) is 51.0 Å². The second kappa shape index (κ2) is 9.03. The summed E-state index contributed by atoms with van der Waals surface area (Å²) in [6, 6.07) is 11.5. The standard InChI is InChI=1S/C23H33N3O/c27-23(25-13-4-5-14-25)21-9-6-15-26(19-21)22-11-17-24(18-12-22)16-10-20-7-2-1-3-8-20/h1-5,7-8,21-22H,6,9-19H2/t21-/m1/s1. The Balaban J connectivity index is 1.22. The van der Waals surface area contributed by atoms with Crippen molar-refractivity contribution in [2.24, 2.45) is 5.92 Å². The summed E-state index contributed by atoms with van der Waals surface area (Å²) in [5, 5.41) is 0. The van der Waals surface area contributed by atoms with Gasteiger partial charge in [-0.1, -0.05) is 42.5 Å². The Labute approximate surface area is 163 Å². The molecule has 2 saturated heterocycles. The minimum absolute atomic E-state index is 0.217. The first-order chi connectivity index (χ1) is 13.3. The van der Waals surface area contributed by atoms with Gasteiger partial charge in [0.1, 0.15) is 0 Å². The van der Waals surface area contributed by atoms with Crippen LogP contribution < -0.4 is 0 Å². The van der Waals surface area contributed by atoms with E-state index < -0.39 is 0 Å². The van der Waals surface area contributed by atoms with E-state index >= 15 is 0 Å². The predicted molar refractivity (Wildman–Crippen MR) is 110 cm³/mol. The van der Waals surface area contributed by atoms with Crippen LogP contribution in [0.3, 0.4) is 0 Å². The molecule has 146 valence electrons. The molecule has 4 rings (SSSR count). The molecule has 1 aromatic rings. The van der Waals surface area contributed by atoms with Crippen LogP contribution >= 0.6 is 0 Å². The zero-order valence-corrected chi connectivity index (χ0v) is 16.4. The van der Waals surface area contributed by atoms with E-state index in [1.807, 2.05) is 4.90 Å². The SMILES string of the molecule is O=C([C@@H]1CCCN(C2CCN(CCc3ccccc3)CC2)C1)N1CC=CC1. The van der Waals surface area contributed by atoms with Crippen LogP contribution in [-0.4, -0.2) is 72.5 Å². The second-order valence-corrected chi connectivity index (χ2v) is 8.36. The summed E-state index contributed by atoms with van der Waals surface area (Å²) in [6.07, 6.45) is 10.1. The minimum Gasteiger partial charge on any atom is -0.335 e. The predicted octanol–water partition coefficient (Wildman–Crippen LogP) is 2.80. The first kappa shape index (κ1) is 18.7. The fourth-order valence-electron chi connectivity index (χ4n) is 4.90. The molecule has 1 atom stereocenters. The Morgan fingerprint density at radius 1 is 0.963 bits per heavy atom. The number of amides is 1. The highest BCUT2D eigenvalue weighted by molar-refractivity contribution is 5.79. The third kappa shape index (κ3) is 4.80. The van der Waals surface area contributed by atoms with Crippen LogP contribution in [0, 0.1) is 5.92 Å². The van der Waals surface area contributed by atoms with Crippen molar-refractivity contribution < 1.29 is 4.79 Å². The number of carbonyl (C=O) groups excluding carboxylic acids is 1. The zero-order chi connectivity index (χ0) is 18.5. The molecule has 0 bridgehead atoms. The van der Waals surface area contributed by atoms with Crippen molar-refractivity contribution in [3.05, 3.63) is 48.0 Å². The molecule has 1 amide bonds. The van der Waals surface area contributed by atoms with Crippen LogP contribution in [0.15, 0.2) is 42.5 Å². The molecule has 0 radical (unpaired) electrons. The van der Waals surface area contributed by atoms with Gasteiger partial charge in [0.2, 0.25) is 5.91 Å². The molecule has 1 aromatic carbocycles. The average molecular weight is 368 g/mol. The van der Waals surface area contributed by atoms with Gasteiger partial charge in [-0.2, -0.15) is 0 Å². The molecule has 0 aliphatic carbocycles. The van der Waals surface area contributed by atoms with Crippen molar-refractivity contribution in [2.45, 2.75) is 38.1 Å². The van der Waals surface area contributed by atoms with Crippen molar-refractivity contribution in [3.8, 4) is 0 Å². The maximum absolute atomic E-state index is 12.8. The van der Waals surface area contributed by atoms with Gasteiger partial charge in [-0.25, -0.2) is 0 Å². The topological polar surface area (TPSA) is 26.8 Å². The number of likely N-dealkylation sites (tertiary alicyclic amines) is 2. The van der Waals surface area contributed by atoms with Crippen LogP contribution in [0.4, 0.5) is 0 Å². The van der Waals surface area contributed by atoms with Gasteiger partial charge in [-0.3, -0.25) is 9.69 Å². The lowest BCUT2D eigenvalue weighted by atomic mass is 9.93. The molecule has 4 nitrogen and oxygen atoms in total. The van der Waals surface area contributed by atoms with Gasteiger partial charge >= 0.3 is 0 Å². The molecule has 0 spiro atoms. The molecular formula is C23H33N3O. The van der Waals surface area contributed by atoms with E-state index in [2.05, 4.69) is 52.3 Å². The lowest BCUT2D eigenvalue weighted by molar-refractivity contribution is -0.136. The highest BCUT2D eigenvalue weighted by Crippen LogP contribution is 2.25. The lowest BCUT2D eigenvalue weighted by Gasteiger charge is -2.42. The third-order valence-corrected chi connectivity index (χ3v) is 6.57. The molecule has 3 aliphatic rings. The van der Waals surface area contributed by atoms with Crippen molar-refractivity contribution in [2.75, 3.05) is 45.8 Å². The molecule has 3 aliphatic heterocycles. The van der Waals surface area contributed by atoms with E-state index in [0.717, 1.165) is 32.5 Å². The van der Waals surface area contributed by atoms with Gasteiger partial charge in [0, 0.05) is 32.2 Å². The zero-order valence-electron chi connectivity index (χ0n) is 16.4. The van der Waals surface area contributed by atoms with Crippen molar-refractivity contribution in [3.63, 3.8) is 0 Å². The third-order valence-electron chi connectivity index (χ3n) is 6.57. The quantitative estimate of drug-likeness (QED) is 0.749. The Bertz CT molecular complexity index is 628. The molecule has 27 heavy (non-hydrogen) atoms. The molecule has 0 saturated carbocycles. The van der Waals surface area contributed by atoms with Crippen LogP contribution in [0.5, 0.6) is 0 Å². The van der Waals surface area contributed by atoms with E-state index in [9.17, 15) is 4.79 Å². The fourth-order valence-corrected chi connectivity index (χ4v) is 4.90. The average Bonchev–Trinajstić information content (AvgIpc) is 3.28. The highest BCUT2D eigenvalue weighted by atomic mass is 16.2. The second-order valence-electron chi connectivity index (χ2n) is 8.36. The van der Waals surface area contributed by atoms with Crippen LogP contribution in [0.2, 0.25) is 0 Å². The maximum Gasteiger partial charge on any atom is 0.227 e. The number of rotatable bonds is 5. The Kier molecular flexibility index (Phi) is 6.25. The maximum atomic E-state index is 12.8. The minimum atomic E-state index is 0.217. The smallest absolute Gasteiger partial charge is 0.227 e. The number of hydrogen-bond acceptors (Lipinski definition) is 3. The van der Waals surface area contributed by atoms with E-state index in [4.69, 9.17) is 0 Å². The number of piperidine rings is 2. The lowest BCUT2D eigenvalue weighted by Crippen LogP contribution is -2.51. The van der Waals surface area contributed by atoms with Gasteiger partial charge in [-0.15, -0.1) is 0 Å². The van der Waals surface area contributed by atoms with Crippen molar-refractivity contribution in [1.82, 2.24) is 14.7 Å². The summed E-state index contributed by atoms with van der Waals surface area (Å²) in [7, 11) is 0.